The van der Waals surface area contributed by atoms with Gasteiger partial charge in [0.25, 0.3) is 5.91 Å². The Hall–Kier alpha value is -2.91. The maximum atomic E-state index is 11.9. The smallest absolute Gasteiger partial charge is 0.267 e. The third-order valence-corrected chi connectivity index (χ3v) is 4.80. The highest BCUT2D eigenvalue weighted by Gasteiger charge is 2.13. The molecule has 0 radical (unpaired) electrons. The van der Waals surface area contributed by atoms with Crippen LogP contribution in [-0.4, -0.2) is 53.2 Å². The molecule has 4 N–H and O–H groups in total. The Bertz CT molecular complexity index is 878. The van der Waals surface area contributed by atoms with E-state index in [1.807, 2.05) is 22.7 Å². The summed E-state index contributed by atoms with van der Waals surface area (Å²) in [4.78, 5) is 27.9. The summed E-state index contributed by atoms with van der Waals surface area (Å²) < 4.78 is 6.90. The molecule has 0 atom stereocenters. The first-order chi connectivity index (χ1) is 15.1. The maximum Gasteiger partial charge on any atom is 0.267 e. The van der Waals surface area contributed by atoms with Crippen LogP contribution in [0.4, 0.5) is 5.82 Å². The molecule has 2 aromatic heterocycles. The lowest BCUT2D eigenvalue weighted by atomic mass is 10.1. The van der Waals surface area contributed by atoms with Crippen LogP contribution < -0.4 is 16.1 Å². The first kappa shape index (κ1) is 24.4. The van der Waals surface area contributed by atoms with Gasteiger partial charge in [-0.1, -0.05) is 26.2 Å². The summed E-state index contributed by atoms with van der Waals surface area (Å²) in [6.45, 7) is 3.66. The lowest BCUT2D eigenvalue weighted by molar-refractivity contribution is -0.124. The molecule has 31 heavy (non-hydrogen) atoms. The van der Waals surface area contributed by atoms with E-state index in [1.54, 1.807) is 18.7 Å². The monoisotopic (exact) mass is 431 g/mol. The number of fused-ring (bicyclic) bond motifs is 1. The van der Waals surface area contributed by atoms with E-state index in [9.17, 15) is 9.59 Å². The van der Waals surface area contributed by atoms with Gasteiger partial charge in [-0.2, -0.15) is 0 Å². The fraction of sp³-hybridized carbons (Fsp3) is 0.500. The highest BCUT2D eigenvalue weighted by atomic mass is 16.5. The summed E-state index contributed by atoms with van der Waals surface area (Å²) in [5.74, 6) is 0.267. The summed E-state index contributed by atoms with van der Waals surface area (Å²) in [6, 6.07) is 3.73. The maximum absolute atomic E-state index is 11.9. The van der Waals surface area contributed by atoms with Crippen LogP contribution in [0, 0.1) is 0 Å². The molecule has 0 spiro atoms. The third kappa shape index (κ3) is 8.03. The van der Waals surface area contributed by atoms with E-state index in [0.717, 1.165) is 42.0 Å². The number of carbonyl (C=O) groups is 2. The summed E-state index contributed by atoms with van der Waals surface area (Å²) >= 11 is 0. The van der Waals surface area contributed by atoms with Gasteiger partial charge in [-0.15, -0.1) is 0 Å². The van der Waals surface area contributed by atoms with Crippen molar-refractivity contribution in [2.24, 2.45) is 0 Å². The molecule has 2 rings (SSSR count). The van der Waals surface area contributed by atoms with E-state index in [-0.39, 0.29) is 5.91 Å². The lowest BCUT2D eigenvalue weighted by Crippen LogP contribution is -2.28. The molecule has 0 aliphatic carbocycles. The van der Waals surface area contributed by atoms with Crippen LogP contribution in [-0.2, 0) is 20.7 Å². The predicted molar refractivity (Wildman–Crippen MR) is 120 cm³/mol. The Morgan fingerprint density at radius 1 is 1.26 bits per heavy atom. The molecule has 0 saturated heterocycles. The van der Waals surface area contributed by atoms with Gasteiger partial charge in [0, 0.05) is 38.9 Å². The SMILES string of the molecule is CCCCCCc1nc2cc(/C=C/C(=O)NO)ccn2c1NCCC(=O)NCCOC. The Morgan fingerprint density at radius 3 is 2.84 bits per heavy atom. The average Bonchev–Trinajstić information content (AvgIpc) is 3.11. The van der Waals surface area contributed by atoms with E-state index in [0.29, 0.717) is 26.1 Å². The third-order valence-electron chi connectivity index (χ3n) is 4.80. The highest BCUT2D eigenvalue weighted by molar-refractivity contribution is 5.90. The number of methoxy groups -OCH3 is 1. The van der Waals surface area contributed by atoms with Crippen LogP contribution in [0.1, 0.15) is 50.3 Å². The predicted octanol–water partition coefficient (Wildman–Crippen LogP) is 2.54. The second-order valence-electron chi connectivity index (χ2n) is 7.23. The zero-order valence-electron chi connectivity index (χ0n) is 18.3. The van der Waals surface area contributed by atoms with Crippen molar-refractivity contribution in [1.29, 1.82) is 0 Å². The van der Waals surface area contributed by atoms with Gasteiger partial charge in [0.15, 0.2) is 0 Å². The minimum Gasteiger partial charge on any atom is -0.383 e. The molecular formula is C22H33N5O4. The molecule has 2 aromatic rings. The number of imidazole rings is 1. The fourth-order valence-corrected chi connectivity index (χ4v) is 3.18. The number of ether oxygens (including phenoxy) is 1. The summed E-state index contributed by atoms with van der Waals surface area (Å²) in [6.07, 6.45) is 10.5. The number of hydroxylamine groups is 1. The Labute approximate surface area is 182 Å². The summed E-state index contributed by atoms with van der Waals surface area (Å²) in [7, 11) is 1.60. The largest absolute Gasteiger partial charge is 0.383 e. The molecule has 0 aliphatic heterocycles. The molecule has 0 aliphatic rings. The zero-order chi connectivity index (χ0) is 22.5. The molecule has 0 unspecified atom stereocenters. The van der Waals surface area contributed by atoms with Gasteiger partial charge in [-0.3, -0.25) is 19.2 Å². The summed E-state index contributed by atoms with van der Waals surface area (Å²) in [5, 5.41) is 14.8. The van der Waals surface area contributed by atoms with E-state index in [4.69, 9.17) is 14.9 Å². The first-order valence-electron chi connectivity index (χ1n) is 10.7. The van der Waals surface area contributed by atoms with Gasteiger partial charge < -0.3 is 15.4 Å². The van der Waals surface area contributed by atoms with E-state index < -0.39 is 5.91 Å². The highest BCUT2D eigenvalue weighted by Crippen LogP contribution is 2.22. The Balaban J connectivity index is 2.12. The van der Waals surface area contributed by atoms with Gasteiger partial charge in [0.2, 0.25) is 5.91 Å². The van der Waals surface area contributed by atoms with Crippen molar-refractivity contribution in [3.05, 3.63) is 35.7 Å². The molecule has 0 saturated carbocycles. The number of unbranched alkanes of at least 4 members (excludes halogenated alkanes) is 3. The van der Waals surface area contributed by atoms with Crippen molar-refractivity contribution < 1.29 is 19.5 Å². The number of aromatic nitrogens is 2. The number of aryl methyl sites for hydroxylation is 1. The van der Waals surface area contributed by atoms with Gasteiger partial charge >= 0.3 is 0 Å². The number of nitrogens with one attached hydrogen (secondary N) is 3. The topological polar surface area (TPSA) is 117 Å². The second-order valence-corrected chi connectivity index (χ2v) is 7.23. The van der Waals surface area contributed by atoms with Crippen molar-refractivity contribution in [2.45, 2.75) is 45.4 Å². The number of nitrogens with zero attached hydrogens (tertiary/aromatic N) is 2. The zero-order valence-corrected chi connectivity index (χ0v) is 18.3. The number of anilines is 1. The van der Waals surface area contributed by atoms with Gasteiger partial charge in [-0.25, -0.2) is 10.5 Å². The normalized spacial score (nSPS) is 11.2. The molecule has 2 amide bonds. The molecule has 170 valence electrons. The number of amides is 2. The van der Waals surface area contributed by atoms with Crippen molar-refractivity contribution in [1.82, 2.24) is 20.2 Å². The quantitative estimate of drug-likeness (QED) is 0.158. The minimum atomic E-state index is -0.592. The fourth-order valence-electron chi connectivity index (χ4n) is 3.18. The number of hydrogen-bond acceptors (Lipinski definition) is 6. The number of rotatable bonds is 14. The van der Waals surface area contributed by atoms with E-state index in [1.165, 1.54) is 18.9 Å². The van der Waals surface area contributed by atoms with Gasteiger partial charge in [0.05, 0.1) is 12.3 Å². The van der Waals surface area contributed by atoms with Crippen LogP contribution in [0.5, 0.6) is 0 Å². The molecular weight excluding hydrogens is 398 g/mol. The van der Waals surface area contributed by atoms with Crippen molar-refractivity contribution >= 4 is 29.4 Å². The molecule has 0 aromatic carbocycles. The number of carbonyl (C=O) groups excluding carboxylic acids is 2. The van der Waals surface area contributed by atoms with Crippen LogP contribution in [0.2, 0.25) is 0 Å². The molecule has 0 bridgehead atoms. The average molecular weight is 432 g/mol. The number of hydrogen-bond donors (Lipinski definition) is 4. The Kier molecular flexibility index (Phi) is 10.5. The van der Waals surface area contributed by atoms with Crippen LogP contribution >= 0.6 is 0 Å². The summed E-state index contributed by atoms with van der Waals surface area (Å²) in [5.41, 5.74) is 4.08. The van der Waals surface area contributed by atoms with E-state index >= 15 is 0 Å². The van der Waals surface area contributed by atoms with Crippen molar-refractivity contribution in [2.75, 3.05) is 32.1 Å². The molecule has 9 nitrogen and oxygen atoms in total. The van der Waals surface area contributed by atoms with Crippen LogP contribution in [0.25, 0.3) is 11.7 Å². The van der Waals surface area contributed by atoms with Crippen LogP contribution in [0.3, 0.4) is 0 Å². The lowest BCUT2D eigenvalue weighted by Gasteiger charge is -2.09. The van der Waals surface area contributed by atoms with E-state index in [2.05, 4.69) is 17.6 Å². The molecule has 0 fully saturated rings. The molecule has 2 heterocycles. The van der Waals surface area contributed by atoms with Gasteiger partial charge in [0.1, 0.15) is 11.5 Å². The van der Waals surface area contributed by atoms with Crippen molar-refractivity contribution in [3.8, 4) is 0 Å². The Morgan fingerprint density at radius 2 is 2.10 bits per heavy atom. The van der Waals surface area contributed by atoms with Crippen molar-refractivity contribution in [3.63, 3.8) is 0 Å². The minimum absolute atomic E-state index is 0.0301. The first-order valence-corrected chi connectivity index (χ1v) is 10.7. The van der Waals surface area contributed by atoms with Crippen LogP contribution in [0.15, 0.2) is 24.4 Å². The van der Waals surface area contributed by atoms with Gasteiger partial charge in [-0.05, 0) is 36.6 Å². The number of pyridine rings is 1. The standard InChI is InChI=1S/C22H33N5O4/c1-3-4-5-6-7-18-22(24-12-10-20(28)23-13-15-31-2)27-14-11-17(16-19(27)25-18)8-9-21(29)26-30/h8-9,11,14,16,24,30H,3-7,10,12-13,15H2,1-2H3,(H,23,28)(H,26,29)/b9-8+. The second kappa shape index (κ2) is 13.4. The molecule has 9 heteroatoms.